The molecule has 3 aromatic rings. The number of amidine groups is 1. The molecule has 2 aromatic carbocycles. The lowest BCUT2D eigenvalue weighted by Crippen LogP contribution is -2.32. The molecule has 0 bridgehead atoms. The second-order valence-electron chi connectivity index (χ2n) is 7.42. The summed E-state index contributed by atoms with van der Waals surface area (Å²) >= 11 is 2.64. The van der Waals surface area contributed by atoms with E-state index in [0.29, 0.717) is 27.3 Å². The van der Waals surface area contributed by atoms with Gasteiger partial charge >= 0.3 is 0 Å². The highest BCUT2D eigenvalue weighted by atomic mass is 32.2. The van der Waals surface area contributed by atoms with E-state index in [9.17, 15) is 9.59 Å². The minimum atomic E-state index is -0.494. The monoisotopic (exact) mass is 492 g/mol. The molecular formula is C24H24N6O2S2. The van der Waals surface area contributed by atoms with Crippen LogP contribution < -0.4 is 16.0 Å². The van der Waals surface area contributed by atoms with Crippen LogP contribution in [0.15, 0.2) is 76.9 Å². The van der Waals surface area contributed by atoms with Crippen molar-refractivity contribution >= 4 is 50.9 Å². The first kappa shape index (κ1) is 23.7. The minimum Gasteiger partial charge on any atom is -0.338 e. The van der Waals surface area contributed by atoms with Crippen molar-refractivity contribution in [3.05, 3.63) is 82.5 Å². The number of para-hydroxylation sites is 1. The van der Waals surface area contributed by atoms with Gasteiger partial charge in [0.25, 0.3) is 5.91 Å². The average Bonchev–Trinajstić information content (AvgIpc) is 3.31. The third-order valence-corrected chi connectivity index (χ3v) is 6.84. The first-order valence-electron chi connectivity index (χ1n) is 10.8. The fraction of sp³-hybridized carbons (Fsp3) is 0.208. The average molecular weight is 493 g/mol. The molecule has 2 amide bonds. The number of thioether (sulfide) groups is 1. The summed E-state index contributed by atoms with van der Waals surface area (Å²) in [5.41, 5.74) is 2.83. The van der Waals surface area contributed by atoms with Crippen LogP contribution in [-0.2, 0) is 16.0 Å². The number of carbonyl (C=O) groups is 2. The van der Waals surface area contributed by atoms with Gasteiger partial charge in [-0.15, -0.1) is 10.2 Å². The molecule has 1 aliphatic heterocycles. The number of aryl methyl sites for hydroxylation is 1. The van der Waals surface area contributed by atoms with Crippen LogP contribution in [0.4, 0.5) is 10.8 Å². The van der Waals surface area contributed by atoms with Crippen molar-refractivity contribution in [2.24, 2.45) is 4.99 Å². The molecule has 4 rings (SSSR count). The summed E-state index contributed by atoms with van der Waals surface area (Å²) in [4.78, 5) is 30.4. The number of hydrogen-bond donors (Lipinski definition) is 3. The van der Waals surface area contributed by atoms with Crippen LogP contribution in [0.3, 0.4) is 0 Å². The Morgan fingerprint density at radius 3 is 2.41 bits per heavy atom. The molecule has 3 N–H and O–H groups in total. The predicted molar refractivity (Wildman–Crippen MR) is 138 cm³/mol. The van der Waals surface area contributed by atoms with Crippen molar-refractivity contribution < 1.29 is 9.59 Å². The number of nitrogens with zero attached hydrogens (tertiary/aromatic N) is 3. The Balaban J connectivity index is 1.49. The zero-order chi connectivity index (χ0) is 23.9. The fourth-order valence-corrected chi connectivity index (χ4v) is 4.79. The maximum Gasteiger partial charge on any atom is 0.255 e. The molecule has 8 nitrogen and oxygen atoms in total. The molecule has 174 valence electrons. The highest BCUT2D eigenvalue weighted by Gasteiger charge is 2.29. The Hall–Kier alpha value is -3.50. The van der Waals surface area contributed by atoms with E-state index in [1.54, 1.807) is 0 Å². The van der Waals surface area contributed by atoms with Gasteiger partial charge < -0.3 is 10.6 Å². The molecule has 0 radical (unpaired) electrons. The Morgan fingerprint density at radius 2 is 1.74 bits per heavy atom. The summed E-state index contributed by atoms with van der Waals surface area (Å²) < 4.78 is 0. The molecule has 0 spiro atoms. The molecule has 10 heteroatoms. The summed E-state index contributed by atoms with van der Waals surface area (Å²) in [6, 6.07) is 18.5. The molecule has 1 atom stereocenters. The van der Waals surface area contributed by atoms with Crippen molar-refractivity contribution in [1.29, 1.82) is 0 Å². The SMILES string of the molecule is CCc1nnc(NC(=O)CSC2=N[C@H](c3ccccc3)C(C(=O)Nc3ccccc3)=C(C)N2)s1. The van der Waals surface area contributed by atoms with Crippen LogP contribution in [0.1, 0.15) is 30.5 Å². The van der Waals surface area contributed by atoms with Gasteiger partial charge in [0.1, 0.15) is 11.0 Å². The van der Waals surface area contributed by atoms with E-state index in [2.05, 4.69) is 26.1 Å². The number of hydrogen-bond acceptors (Lipinski definition) is 8. The molecule has 1 aromatic heterocycles. The van der Waals surface area contributed by atoms with Crippen LogP contribution >= 0.6 is 23.1 Å². The Kier molecular flexibility index (Phi) is 7.71. The predicted octanol–water partition coefficient (Wildman–Crippen LogP) is 4.39. The number of anilines is 2. The normalized spacial score (nSPS) is 15.4. The Morgan fingerprint density at radius 1 is 1.03 bits per heavy atom. The molecule has 0 saturated heterocycles. The van der Waals surface area contributed by atoms with Crippen LogP contribution in [0.5, 0.6) is 0 Å². The van der Waals surface area contributed by atoms with E-state index in [1.165, 1.54) is 23.1 Å². The second kappa shape index (κ2) is 11.1. The zero-order valence-corrected chi connectivity index (χ0v) is 20.4. The molecule has 0 saturated carbocycles. The second-order valence-corrected chi connectivity index (χ2v) is 9.45. The zero-order valence-electron chi connectivity index (χ0n) is 18.7. The van der Waals surface area contributed by atoms with E-state index >= 15 is 0 Å². The molecular weight excluding hydrogens is 468 g/mol. The summed E-state index contributed by atoms with van der Waals surface area (Å²) in [5, 5.41) is 18.8. The molecule has 0 aliphatic carbocycles. The van der Waals surface area contributed by atoms with Gasteiger partial charge in [-0.3, -0.25) is 14.9 Å². The number of rotatable bonds is 7. The van der Waals surface area contributed by atoms with E-state index in [0.717, 1.165) is 17.0 Å². The maximum atomic E-state index is 13.2. The van der Waals surface area contributed by atoms with E-state index in [-0.39, 0.29) is 17.6 Å². The third-order valence-electron chi connectivity index (χ3n) is 4.97. The summed E-state index contributed by atoms with van der Waals surface area (Å²) in [6.45, 7) is 3.83. The standard InChI is InChI=1S/C24H24N6O2S2/c1-3-19-29-30-24(34-19)27-18(31)14-33-23-25-15(2)20(21(28-23)16-10-6-4-7-11-16)22(32)26-17-12-8-5-9-13-17/h4-13,21H,3,14H2,1-2H3,(H,25,28)(H,26,32)(H,27,30,31)/t21-/m1/s1. The largest absolute Gasteiger partial charge is 0.338 e. The Labute approximate surface area is 206 Å². The van der Waals surface area contributed by atoms with E-state index in [4.69, 9.17) is 4.99 Å². The van der Waals surface area contributed by atoms with Gasteiger partial charge in [-0.2, -0.15) is 0 Å². The van der Waals surface area contributed by atoms with Crippen molar-refractivity contribution in [2.45, 2.75) is 26.3 Å². The number of aliphatic imine (C=N–C) groups is 1. The van der Waals surface area contributed by atoms with Crippen LogP contribution in [0.25, 0.3) is 0 Å². The lowest BCUT2D eigenvalue weighted by Gasteiger charge is -2.26. The summed E-state index contributed by atoms with van der Waals surface area (Å²) in [7, 11) is 0. The minimum absolute atomic E-state index is 0.146. The van der Waals surface area contributed by atoms with Gasteiger partial charge in [0.15, 0.2) is 5.17 Å². The van der Waals surface area contributed by atoms with Crippen molar-refractivity contribution in [3.8, 4) is 0 Å². The number of nitrogens with one attached hydrogen (secondary N) is 3. The molecule has 2 heterocycles. The van der Waals surface area contributed by atoms with Crippen molar-refractivity contribution in [3.63, 3.8) is 0 Å². The number of amides is 2. The van der Waals surface area contributed by atoms with Crippen LogP contribution in [0.2, 0.25) is 0 Å². The molecule has 34 heavy (non-hydrogen) atoms. The fourth-order valence-electron chi connectivity index (χ4n) is 3.35. The summed E-state index contributed by atoms with van der Waals surface area (Å²) in [5.74, 6) is -0.273. The first-order valence-corrected chi connectivity index (χ1v) is 12.6. The van der Waals surface area contributed by atoms with Gasteiger partial charge in [-0.25, -0.2) is 4.99 Å². The summed E-state index contributed by atoms with van der Waals surface area (Å²) in [6.07, 6.45) is 0.773. The molecule has 1 aliphatic rings. The quantitative estimate of drug-likeness (QED) is 0.452. The number of carbonyl (C=O) groups excluding carboxylic acids is 2. The van der Waals surface area contributed by atoms with Crippen molar-refractivity contribution in [2.75, 3.05) is 16.4 Å². The molecule has 0 fully saturated rings. The molecule has 0 unspecified atom stereocenters. The van der Waals surface area contributed by atoms with Gasteiger partial charge in [0.2, 0.25) is 11.0 Å². The van der Waals surface area contributed by atoms with E-state index in [1.807, 2.05) is 74.5 Å². The van der Waals surface area contributed by atoms with Gasteiger partial charge in [-0.1, -0.05) is 78.6 Å². The van der Waals surface area contributed by atoms with E-state index < -0.39 is 6.04 Å². The maximum absolute atomic E-state index is 13.2. The van der Waals surface area contributed by atoms with Gasteiger partial charge in [-0.05, 0) is 31.0 Å². The highest BCUT2D eigenvalue weighted by Crippen LogP contribution is 2.33. The lowest BCUT2D eigenvalue weighted by atomic mass is 9.96. The smallest absolute Gasteiger partial charge is 0.255 e. The number of allylic oxidation sites excluding steroid dienone is 1. The Bertz CT molecular complexity index is 1220. The van der Waals surface area contributed by atoms with Gasteiger partial charge in [0, 0.05) is 11.4 Å². The first-order chi connectivity index (χ1) is 16.5. The van der Waals surface area contributed by atoms with Crippen LogP contribution in [-0.4, -0.2) is 32.9 Å². The third kappa shape index (κ3) is 5.89. The lowest BCUT2D eigenvalue weighted by molar-refractivity contribution is -0.114. The number of aromatic nitrogens is 2. The highest BCUT2D eigenvalue weighted by molar-refractivity contribution is 8.14. The van der Waals surface area contributed by atoms with Crippen molar-refractivity contribution in [1.82, 2.24) is 15.5 Å². The number of benzene rings is 2. The topological polar surface area (TPSA) is 108 Å². The van der Waals surface area contributed by atoms with Crippen LogP contribution in [0, 0.1) is 0 Å². The van der Waals surface area contributed by atoms with Gasteiger partial charge in [0.05, 0.1) is 11.3 Å².